The monoisotopic (exact) mass is 360 g/mol. The van der Waals surface area contributed by atoms with E-state index in [1.54, 1.807) is 0 Å². The number of carbonyl (C=O) groups excluding carboxylic acids is 2. The molecule has 1 saturated carbocycles. The highest BCUT2D eigenvalue weighted by molar-refractivity contribution is 5.88. The van der Waals surface area contributed by atoms with Crippen molar-refractivity contribution in [3.8, 4) is 11.5 Å². The van der Waals surface area contributed by atoms with Crippen LogP contribution in [0.4, 0.5) is 0 Å². The summed E-state index contributed by atoms with van der Waals surface area (Å²) in [6.45, 7) is 4.52. The molecule has 0 bridgehead atoms. The van der Waals surface area contributed by atoms with Crippen LogP contribution in [-0.4, -0.2) is 24.6 Å². The van der Waals surface area contributed by atoms with Gasteiger partial charge in [-0.3, -0.25) is 9.59 Å². The van der Waals surface area contributed by atoms with Crippen LogP contribution < -0.4 is 20.1 Å². The van der Waals surface area contributed by atoms with E-state index in [0.717, 1.165) is 37.0 Å². The van der Waals surface area contributed by atoms with Crippen LogP contribution in [0.2, 0.25) is 0 Å². The first-order valence-corrected chi connectivity index (χ1v) is 9.51. The Morgan fingerprint density at radius 3 is 2.58 bits per heavy atom. The number of fused-ring (bicyclic) bond motifs is 1. The van der Waals surface area contributed by atoms with E-state index < -0.39 is 6.04 Å². The Balaban J connectivity index is 1.55. The summed E-state index contributed by atoms with van der Waals surface area (Å²) in [5.41, 5.74) is 0.934. The van der Waals surface area contributed by atoms with Crippen molar-refractivity contribution in [3.63, 3.8) is 0 Å². The van der Waals surface area contributed by atoms with Gasteiger partial charge in [-0.1, -0.05) is 39.2 Å². The molecule has 6 nitrogen and oxygen atoms in total. The van der Waals surface area contributed by atoms with Crippen LogP contribution in [0, 0.1) is 11.8 Å². The lowest BCUT2D eigenvalue weighted by molar-refractivity contribution is -0.132. The molecule has 26 heavy (non-hydrogen) atoms. The first-order chi connectivity index (χ1) is 12.5. The maximum absolute atomic E-state index is 12.6. The van der Waals surface area contributed by atoms with Crippen molar-refractivity contribution in [2.24, 2.45) is 11.8 Å². The predicted molar refractivity (Wildman–Crippen MR) is 97.8 cm³/mol. The summed E-state index contributed by atoms with van der Waals surface area (Å²) in [5.74, 6) is 1.36. The minimum Gasteiger partial charge on any atom is -0.454 e. The average molecular weight is 360 g/mol. The van der Waals surface area contributed by atoms with Gasteiger partial charge >= 0.3 is 0 Å². The highest BCUT2D eigenvalue weighted by Crippen LogP contribution is 2.32. The van der Waals surface area contributed by atoms with Gasteiger partial charge in [0.1, 0.15) is 6.04 Å². The summed E-state index contributed by atoms with van der Waals surface area (Å²) < 4.78 is 10.7. The lowest BCUT2D eigenvalue weighted by Crippen LogP contribution is -2.51. The summed E-state index contributed by atoms with van der Waals surface area (Å²) in [7, 11) is 0. The van der Waals surface area contributed by atoms with E-state index in [-0.39, 0.29) is 30.4 Å². The first kappa shape index (κ1) is 18.5. The van der Waals surface area contributed by atoms with Gasteiger partial charge in [0.2, 0.25) is 18.6 Å². The Morgan fingerprint density at radius 1 is 1.12 bits per heavy atom. The van der Waals surface area contributed by atoms with E-state index >= 15 is 0 Å². The standard InChI is InChI=1S/C20H28N2O4/c1-13(2)18(22-19(23)15-6-4-3-5-7-15)20(24)21-11-14-8-9-16-17(10-14)26-12-25-16/h8-10,13,15,18H,3-7,11-12H2,1-2H3,(H,21,24)(H,22,23). The Bertz CT molecular complexity index is 653. The quantitative estimate of drug-likeness (QED) is 0.818. The molecule has 3 rings (SSSR count). The molecule has 1 unspecified atom stereocenters. The van der Waals surface area contributed by atoms with Crippen LogP contribution in [-0.2, 0) is 16.1 Å². The second kappa shape index (κ2) is 8.43. The number of ether oxygens (including phenoxy) is 2. The van der Waals surface area contributed by atoms with Gasteiger partial charge in [0.05, 0.1) is 0 Å². The van der Waals surface area contributed by atoms with Gasteiger partial charge in [-0.2, -0.15) is 0 Å². The molecule has 0 radical (unpaired) electrons. The summed E-state index contributed by atoms with van der Waals surface area (Å²) in [6.07, 6.45) is 5.25. The summed E-state index contributed by atoms with van der Waals surface area (Å²) >= 11 is 0. The zero-order valence-electron chi connectivity index (χ0n) is 15.5. The van der Waals surface area contributed by atoms with Crippen molar-refractivity contribution in [2.75, 3.05) is 6.79 Å². The number of amides is 2. The van der Waals surface area contributed by atoms with E-state index in [4.69, 9.17) is 9.47 Å². The molecule has 1 aromatic carbocycles. The third kappa shape index (κ3) is 4.48. The van der Waals surface area contributed by atoms with E-state index in [2.05, 4.69) is 10.6 Å². The molecule has 1 heterocycles. The molecular weight excluding hydrogens is 332 g/mol. The van der Waals surface area contributed by atoms with Crippen LogP contribution in [0.25, 0.3) is 0 Å². The minimum absolute atomic E-state index is 0.0154. The van der Waals surface area contributed by atoms with Crippen LogP contribution in [0.1, 0.15) is 51.5 Å². The largest absolute Gasteiger partial charge is 0.454 e. The van der Waals surface area contributed by atoms with Gasteiger partial charge in [0, 0.05) is 12.5 Å². The van der Waals surface area contributed by atoms with Gasteiger partial charge in [0.15, 0.2) is 11.5 Å². The molecule has 2 amide bonds. The lowest BCUT2D eigenvalue weighted by Gasteiger charge is -2.26. The summed E-state index contributed by atoms with van der Waals surface area (Å²) in [5, 5.41) is 5.90. The van der Waals surface area contributed by atoms with Gasteiger partial charge in [-0.25, -0.2) is 0 Å². The second-order valence-electron chi connectivity index (χ2n) is 7.47. The number of nitrogens with one attached hydrogen (secondary N) is 2. The van der Waals surface area contributed by atoms with Crippen molar-refractivity contribution in [1.82, 2.24) is 10.6 Å². The summed E-state index contributed by atoms with van der Waals surface area (Å²) in [6, 6.07) is 5.10. The number of rotatable bonds is 6. The van der Waals surface area contributed by atoms with Gasteiger partial charge in [-0.15, -0.1) is 0 Å². The van der Waals surface area contributed by atoms with Gasteiger partial charge in [0.25, 0.3) is 0 Å². The average Bonchev–Trinajstić information content (AvgIpc) is 3.12. The van der Waals surface area contributed by atoms with Crippen molar-refractivity contribution < 1.29 is 19.1 Å². The molecule has 142 valence electrons. The van der Waals surface area contributed by atoms with Crippen molar-refractivity contribution in [3.05, 3.63) is 23.8 Å². The molecule has 0 spiro atoms. The van der Waals surface area contributed by atoms with Crippen LogP contribution in [0.15, 0.2) is 18.2 Å². The maximum Gasteiger partial charge on any atom is 0.243 e. The molecular formula is C20H28N2O4. The van der Waals surface area contributed by atoms with E-state index in [1.807, 2.05) is 32.0 Å². The topological polar surface area (TPSA) is 76.7 Å². The molecule has 1 fully saturated rings. The highest BCUT2D eigenvalue weighted by atomic mass is 16.7. The Hall–Kier alpha value is -2.24. The molecule has 1 aliphatic carbocycles. The molecule has 0 saturated heterocycles. The molecule has 2 N–H and O–H groups in total. The van der Waals surface area contributed by atoms with Crippen LogP contribution in [0.5, 0.6) is 11.5 Å². The smallest absolute Gasteiger partial charge is 0.243 e. The van der Waals surface area contributed by atoms with Crippen LogP contribution >= 0.6 is 0 Å². The molecule has 6 heteroatoms. The Morgan fingerprint density at radius 2 is 1.85 bits per heavy atom. The SMILES string of the molecule is CC(C)C(NC(=O)C1CCCCC1)C(=O)NCc1ccc2c(c1)OCO2. The number of benzene rings is 1. The summed E-state index contributed by atoms with van der Waals surface area (Å²) in [4.78, 5) is 25.1. The van der Waals surface area contributed by atoms with Crippen molar-refractivity contribution in [1.29, 1.82) is 0 Å². The minimum atomic E-state index is -0.515. The fourth-order valence-corrected chi connectivity index (χ4v) is 3.52. The number of carbonyl (C=O) groups is 2. The normalized spacial score (nSPS) is 17.8. The first-order valence-electron chi connectivity index (χ1n) is 9.51. The molecule has 2 aliphatic rings. The number of hydrogen-bond donors (Lipinski definition) is 2. The highest BCUT2D eigenvalue weighted by Gasteiger charge is 2.28. The fourth-order valence-electron chi connectivity index (χ4n) is 3.52. The van der Waals surface area contributed by atoms with E-state index in [9.17, 15) is 9.59 Å². The molecule has 1 atom stereocenters. The zero-order valence-corrected chi connectivity index (χ0v) is 15.5. The third-order valence-corrected chi connectivity index (χ3v) is 5.13. The lowest BCUT2D eigenvalue weighted by atomic mass is 9.88. The predicted octanol–water partition coefficient (Wildman–Crippen LogP) is 2.75. The van der Waals surface area contributed by atoms with Gasteiger partial charge in [-0.05, 0) is 36.5 Å². The Kier molecular flexibility index (Phi) is 6.01. The Labute approximate surface area is 154 Å². The molecule has 1 aliphatic heterocycles. The number of hydrogen-bond acceptors (Lipinski definition) is 4. The fraction of sp³-hybridized carbons (Fsp3) is 0.600. The molecule has 0 aromatic heterocycles. The van der Waals surface area contributed by atoms with E-state index in [1.165, 1.54) is 6.42 Å². The maximum atomic E-state index is 12.6. The van der Waals surface area contributed by atoms with Crippen LogP contribution in [0.3, 0.4) is 0 Å². The third-order valence-electron chi connectivity index (χ3n) is 5.13. The van der Waals surface area contributed by atoms with E-state index in [0.29, 0.717) is 12.3 Å². The van der Waals surface area contributed by atoms with Crippen molar-refractivity contribution >= 4 is 11.8 Å². The van der Waals surface area contributed by atoms with Gasteiger partial charge < -0.3 is 20.1 Å². The molecule has 1 aromatic rings. The second-order valence-corrected chi connectivity index (χ2v) is 7.47. The van der Waals surface area contributed by atoms with Crippen molar-refractivity contribution in [2.45, 2.75) is 58.5 Å². The zero-order chi connectivity index (χ0) is 18.5.